The lowest BCUT2D eigenvalue weighted by atomic mass is 9.95. The molecule has 0 aliphatic carbocycles. The molecule has 31 heavy (non-hydrogen) atoms. The third-order valence-corrected chi connectivity index (χ3v) is 7.79. The second kappa shape index (κ2) is 11.8. The monoisotopic (exact) mass is 561 g/mol. The molecule has 3 fully saturated rings. The number of nitrogens with zero attached hydrogens (tertiary/aromatic N) is 4. The number of ether oxygens (including phenoxy) is 2. The Balaban J connectivity index is 0.00000272. The van der Waals surface area contributed by atoms with E-state index >= 15 is 0 Å². The van der Waals surface area contributed by atoms with Crippen LogP contribution in [0.4, 0.5) is 5.69 Å². The molecule has 3 aliphatic rings. The van der Waals surface area contributed by atoms with Crippen molar-refractivity contribution in [2.75, 3.05) is 89.6 Å². The van der Waals surface area contributed by atoms with Crippen LogP contribution in [0, 0.1) is 0 Å². The molecule has 0 aromatic heterocycles. The van der Waals surface area contributed by atoms with Crippen LogP contribution >= 0.6 is 35.7 Å². The van der Waals surface area contributed by atoms with E-state index in [1.165, 1.54) is 23.6 Å². The minimum atomic E-state index is 0. The Morgan fingerprint density at radius 2 is 1.90 bits per heavy atom. The summed E-state index contributed by atoms with van der Waals surface area (Å²) in [6.07, 6.45) is 1.24. The average Bonchev–Trinajstić information content (AvgIpc) is 3.31. The van der Waals surface area contributed by atoms with Gasteiger partial charge in [-0.05, 0) is 24.3 Å². The molecule has 1 atom stereocenters. The Kier molecular flexibility index (Phi) is 9.42. The van der Waals surface area contributed by atoms with E-state index in [0.29, 0.717) is 0 Å². The first-order valence-corrected chi connectivity index (χ1v) is 12.2. The number of benzene rings is 1. The normalized spacial score (nSPS) is 25.3. The molecule has 0 amide bonds. The molecule has 0 bridgehead atoms. The smallest absolute Gasteiger partial charge is 0.193 e. The van der Waals surface area contributed by atoms with E-state index in [1.807, 2.05) is 19.2 Å². The van der Waals surface area contributed by atoms with Crippen LogP contribution in [0.1, 0.15) is 6.42 Å². The molecule has 0 radical (unpaired) electrons. The number of hydrogen-bond donors (Lipinski definition) is 1. The quantitative estimate of drug-likeness (QED) is 0.336. The number of thioether (sulfide) groups is 1. The van der Waals surface area contributed by atoms with Crippen molar-refractivity contribution in [1.29, 1.82) is 0 Å². The summed E-state index contributed by atoms with van der Waals surface area (Å²) < 4.78 is 11.1. The minimum absolute atomic E-state index is 0. The fourth-order valence-electron chi connectivity index (χ4n) is 4.76. The van der Waals surface area contributed by atoms with Gasteiger partial charge in [0.2, 0.25) is 0 Å². The second-order valence-corrected chi connectivity index (χ2v) is 9.28. The highest BCUT2D eigenvalue weighted by Gasteiger charge is 2.41. The fraction of sp³-hybridized carbons (Fsp3) is 0.682. The number of anilines is 1. The van der Waals surface area contributed by atoms with E-state index in [2.05, 4.69) is 48.9 Å². The SMILES string of the molecule is CN=C(NCC1(N2CCOCC2)CCSC1)N1CCN(c2ccccc2OC)CC1.I. The Hall–Kier alpha value is -0.910. The molecule has 0 spiro atoms. The van der Waals surface area contributed by atoms with Crippen molar-refractivity contribution in [3.8, 4) is 5.75 Å². The van der Waals surface area contributed by atoms with E-state index in [4.69, 9.17) is 9.47 Å². The van der Waals surface area contributed by atoms with Crippen molar-refractivity contribution in [3.63, 3.8) is 0 Å². The average molecular weight is 562 g/mol. The van der Waals surface area contributed by atoms with Crippen LogP contribution in [-0.2, 0) is 4.74 Å². The summed E-state index contributed by atoms with van der Waals surface area (Å²) in [6.45, 7) is 8.58. The number of piperazine rings is 1. The summed E-state index contributed by atoms with van der Waals surface area (Å²) in [7, 11) is 3.65. The number of halogens is 1. The number of aliphatic imine (C=N–C) groups is 1. The Bertz CT molecular complexity index is 718. The fourth-order valence-corrected chi connectivity index (χ4v) is 6.24. The van der Waals surface area contributed by atoms with Gasteiger partial charge in [-0.3, -0.25) is 9.89 Å². The van der Waals surface area contributed by atoms with Crippen molar-refractivity contribution in [1.82, 2.24) is 15.1 Å². The zero-order valence-electron chi connectivity index (χ0n) is 18.7. The number of para-hydroxylation sites is 2. The van der Waals surface area contributed by atoms with Crippen LogP contribution in [0.15, 0.2) is 29.3 Å². The van der Waals surface area contributed by atoms with Crippen LogP contribution in [0.5, 0.6) is 5.75 Å². The molecule has 1 unspecified atom stereocenters. The second-order valence-electron chi connectivity index (χ2n) is 8.17. The molecular weight excluding hydrogens is 525 g/mol. The molecule has 3 heterocycles. The third-order valence-electron chi connectivity index (χ3n) is 6.56. The van der Waals surface area contributed by atoms with E-state index < -0.39 is 0 Å². The van der Waals surface area contributed by atoms with Crippen LogP contribution in [-0.4, -0.2) is 106 Å². The van der Waals surface area contributed by atoms with E-state index in [9.17, 15) is 0 Å². The van der Waals surface area contributed by atoms with Crippen molar-refractivity contribution in [2.24, 2.45) is 4.99 Å². The summed E-state index contributed by atoms with van der Waals surface area (Å²) in [5.74, 6) is 4.41. The molecule has 1 aromatic carbocycles. The standard InChI is InChI=1S/C22H35N5O2S.HI/c1-23-21(24-17-22(7-16-30-18-22)27-12-14-29-15-13-27)26-10-8-25(9-11-26)19-5-3-4-6-20(19)28-2;/h3-6H,7-18H2,1-2H3,(H,23,24);1H. The van der Waals surface area contributed by atoms with Crippen molar-refractivity contribution in [2.45, 2.75) is 12.0 Å². The Morgan fingerprint density at radius 3 is 2.55 bits per heavy atom. The van der Waals surface area contributed by atoms with Crippen molar-refractivity contribution in [3.05, 3.63) is 24.3 Å². The van der Waals surface area contributed by atoms with Gasteiger partial charge in [-0.25, -0.2) is 0 Å². The first kappa shape index (κ1) is 24.7. The van der Waals surface area contributed by atoms with Crippen LogP contribution < -0.4 is 15.0 Å². The lowest BCUT2D eigenvalue weighted by Gasteiger charge is -2.44. The van der Waals surface area contributed by atoms with Crippen molar-refractivity contribution < 1.29 is 9.47 Å². The molecule has 0 saturated carbocycles. The molecule has 4 rings (SSSR count). The maximum atomic E-state index is 5.59. The van der Waals surface area contributed by atoms with Crippen LogP contribution in [0.2, 0.25) is 0 Å². The Morgan fingerprint density at radius 1 is 1.16 bits per heavy atom. The highest BCUT2D eigenvalue weighted by atomic mass is 127. The molecule has 9 heteroatoms. The number of guanidine groups is 1. The first-order valence-electron chi connectivity index (χ1n) is 11.0. The zero-order chi connectivity index (χ0) is 20.8. The van der Waals surface area contributed by atoms with Crippen LogP contribution in [0.25, 0.3) is 0 Å². The maximum absolute atomic E-state index is 5.59. The number of nitrogens with one attached hydrogen (secondary N) is 1. The van der Waals surface area contributed by atoms with Gasteiger partial charge in [0, 0.05) is 64.2 Å². The van der Waals surface area contributed by atoms with Gasteiger partial charge in [0.05, 0.1) is 26.0 Å². The van der Waals surface area contributed by atoms with Crippen molar-refractivity contribution >= 4 is 47.4 Å². The van der Waals surface area contributed by atoms with Gasteiger partial charge in [0.1, 0.15) is 5.75 Å². The van der Waals surface area contributed by atoms with Gasteiger partial charge in [0.15, 0.2) is 5.96 Å². The molecule has 3 saturated heterocycles. The molecular formula is C22H36IN5O2S. The molecule has 3 aliphatic heterocycles. The van der Waals surface area contributed by atoms with E-state index in [1.54, 1.807) is 7.11 Å². The number of methoxy groups -OCH3 is 1. The summed E-state index contributed by atoms with van der Waals surface area (Å²) in [5, 5.41) is 3.73. The number of rotatable bonds is 5. The number of morpholine rings is 1. The maximum Gasteiger partial charge on any atom is 0.193 e. The van der Waals surface area contributed by atoms with E-state index in [-0.39, 0.29) is 29.5 Å². The largest absolute Gasteiger partial charge is 0.495 e. The summed E-state index contributed by atoms with van der Waals surface area (Å²) >= 11 is 2.08. The van der Waals surface area contributed by atoms with Gasteiger partial charge in [-0.2, -0.15) is 11.8 Å². The highest BCUT2D eigenvalue weighted by molar-refractivity contribution is 14.0. The predicted octanol–water partition coefficient (Wildman–Crippen LogP) is 2.22. The molecule has 1 aromatic rings. The van der Waals surface area contributed by atoms with E-state index in [0.717, 1.165) is 70.7 Å². The summed E-state index contributed by atoms with van der Waals surface area (Å²) in [5.41, 5.74) is 1.40. The van der Waals surface area contributed by atoms with Gasteiger partial charge in [-0.1, -0.05) is 12.1 Å². The third kappa shape index (κ3) is 5.72. The number of hydrogen-bond acceptors (Lipinski definition) is 6. The Labute approximate surface area is 207 Å². The topological polar surface area (TPSA) is 52.6 Å². The molecule has 1 N–H and O–H groups in total. The molecule has 174 valence electrons. The van der Waals surface area contributed by atoms with Gasteiger partial charge in [0.25, 0.3) is 0 Å². The predicted molar refractivity (Wildman–Crippen MR) is 141 cm³/mol. The lowest BCUT2D eigenvalue weighted by molar-refractivity contribution is -0.0121. The van der Waals surface area contributed by atoms with Gasteiger partial charge >= 0.3 is 0 Å². The van der Waals surface area contributed by atoms with Gasteiger partial charge < -0.3 is 24.6 Å². The highest BCUT2D eigenvalue weighted by Crippen LogP contribution is 2.34. The minimum Gasteiger partial charge on any atom is -0.495 e. The zero-order valence-corrected chi connectivity index (χ0v) is 21.9. The lowest BCUT2D eigenvalue weighted by Crippen LogP contribution is -2.61. The first-order chi connectivity index (χ1) is 14.8. The van der Waals surface area contributed by atoms with Crippen LogP contribution in [0.3, 0.4) is 0 Å². The summed E-state index contributed by atoms with van der Waals surface area (Å²) in [4.78, 5) is 12.1. The molecule has 7 nitrogen and oxygen atoms in total. The van der Waals surface area contributed by atoms with Gasteiger partial charge in [-0.15, -0.1) is 24.0 Å². The summed E-state index contributed by atoms with van der Waals surface area (Å²) in [6, 6.07) is 8.28.